The number of rotatable bonds is 1. The summed E-state index contributed by atoms with van der Waals surface area (Å²) in [7, 11) is 0. The minimum Gasteiger partial charge on any atom is -0.0863 e. The quantitative estimate of drug-likeness (QED) is 0.507. The summed E-state index contributed by atoms with van der Waals surface area (Å²) in [6.45, 7) is 2.15. The zero-order valence-corrected chi connectivity index (χ0v) is 8.69. The first-order chi connectivity index (χ1) is 5.86. The van der Waals surface area contributed by atoms with Gasteiger partial charge in [0.1, 0.15) is 0 Å². The molecule has 12 heavy (non-hydrogen) atoms. The van der Waals surface area contributed by atoms with E-state index in [0.717, 1.165) is 17.3 Å². The van der Waals surface area contributed by atoms with E-state index >= 15 is 0 Å². The van der Waals surface area contributed by atoms with E-state index < -0.39 is 0 Å². The summed E-state index contributed by atoms with van der Waals surface area (Å²) in [6.07, 6.45) is 1.09. The number of hydrogen-bond donors (Lipinski definition) is 0. The lowest BCUT2D eigenvalue weighted by Crippen LogP contribution is -1.79. The molecule has 0 aromatic heterocycles. The molecule has 0 radical (unpaired) electrons. The van der Waals surface area contributed by atoms with Crippen molar-refractivity contribution in [2.24, 2.45) is 0 Å². The Balaban J connectivity index is 2.78. The van der Waals surface area contributed by atoms with Gasteiger partial charge in [-0.3, -0.25) is 0 Å². The number of aryl methyl sites for hydroxylation is 1. The van der Waals surface area contributed by atoms with Gasteiger partial charge in [-0.1, -0.05) is 46.8 Å². The number of benzene rings is 1. The summed E-state index contributed by atoms with van der Waals surface area (Å²) in [5.74, 6) is 6.02. The van der Waals surface area contributed by atoms with E-state index in [1.807, 2.05) is 0 Å². The number of hydrogen-bond acceptors (Lipinski definition) is 0. The fraction of sp³-hybridized carbons (Fsp3) is 0.273. The molecule has 0 nitrogen and oxygen atoms in total. The normalized spacial score (nSPS) is 8.83. The molecule has 0 aliphatic carbocycles. The lowest BCUT2D eigenvalue weighted by Gasteiger charge is -1.94. The molecule has 0 aliphatic rings. The van der Waals surface area contributed by atoms with Gasteiger partial charge in [0.05, 0.1) is 5.33 Å². The Morgan fingerprint density at radius 2 is 1.92 bits per heavy atom. The molecule has 1 rings (SSSR count). The van der Waals surface area contributed by atoms with Crippen LogP contribution in [0.4, 0.5) is 0 Å². The van der Waals surface area contributed by atoms with Crippen LogP contribution < -0.4 is 0 Å². The SMILES string of the molecule is CCc1ccc(C#CCBr)cc1. The summed E-state index contributed by atoms with van der Waals surface area (Å²) < 4.78 is 0. The average Bonchev–Trinajstić information content (AvgIpc) is 2.15. The van der Waals surface area contributed by atoms with Gasteiger partial charge in [-0.25, -0.2) is 0 Å². The van der Waals surface area contributed by atoms with Crippen molar-refractivity contribution in [3.05, 3.63) is 35.4 Å². The molecular formula is C11H11Br. The lowest BCUT2D eigenvalue weighted by atomic mass is 10.1. The molecule has 0 saturated carbocycles. The van der Waals surface area contributed by atoms with Gasteiger partial charge in [-0.15, -0.1) is 0 Å². The Hall–Kier alpha value is -0.740. The molecule has 0 N–H and O–H groups in total. The fourth-order valence-corrected chi connectivity index (χ4v) is 1.10. The maximum Gasteiger partial charge on any atom is 0.0649 e. The zero-order valence-electron chi connectivity index (χ0n) is 7.10. The molecule has 0 atom stereocenters. The molecule has 0 fully saturated rings. The van der Waals surface area contributed by atoms with Crippen molar-refractivity contribution in [1.82, 2.24) is 0 Å². The Bertz CT molecular complexity index is 287. The highest BCUT2D eigenvalue weighted by Crippen LogP contribution is 2.03. The van der Waals surface area contributed by atoms with Crippen LogP contribution in [-0.2, 0) is 6.42 Å². The molecule has 0 spiro atoms. The predicted molar refractivity (Wildman–Crippen MR) is 56.5 cm³/mol. The summed E-state index contributed by atoms with van der Waals surface area (Å²) in [6, 6.07) is 8.37. The second kappa shape index (κ2) is 5.00. The van der Waals surface area contributed by atoms with Crippen molar-refractivity contribution in [3.8, 4) is 11.8 Å². The smallest absolute Gasteiger partial charge is 0.0649 e. The third kappa shape index (κ3) is 2.71. The minimum absolute atomic E-state index is 0.739. The van der Waals surface area contributed by atoms with Crippen LogP contribution in [0.1, 0.15) is 18.1 Å². The number of alkyl halides is 1. The predicted octanol–water partition coefficient (Wildman–Crippen LogP) is 3.00. The van der Waals surface area contributed by atoms with Crippen LogP contribution in [0.25, 0.3) is 0 Å². The molecule has 0 amide bonds. The summed E-state index contributed by atoms with van der Waals surface area (Å²) >= 11 is 3.26. The molecule has 0 bridgehead atoms. The van der Waals surface area contributed by atoms with Crippen molar-refractivity contribution in [2.75, 3.05) is 5.33 Å². The van der Waals surface area contributed by atoms with Crippen LogP contribution >= 0.6 is 15.9 Å². The van der Waals surface area contributed by atoms with Gasteiger partial charge >= 0.3 is 0 Å². The van der Waals surface area contributed by atoms with Gasteiger partial charge < -0.3 is 0 Å². The first-order valence-electron chi connectivity index (χ1n) is 4.00. The molecule has 0 aliphatic heterocycles. The van der Waals surface area contributed by atoms with E-state index in [4.69, 9.17) is 0 Å². The highest BCUT2D eigenvalue weighted by atomic mass is 79.9. The third-order valence-corrected chi connectivity index (χ3v) is 1.94. The molecule has 0 heterocycles. The second-order valence-electron chi connectivity index (χ2n) is 2.49. The van der Waals surface area contributed by atoms with E-state index in [-0.39, 0.29) is 0 Å². The van der Waals surface area contributed by atoms with Gasteiger partial charge in [-0.05, 0) is 24.1 Å². The molecule has 0 saturated heterocycles. The molecule has 0 unspecified atom stereocenters. The standard InChI is InChI=1S/C11H11Br/c1-2-10-5-7-11(8-6-10)4-3-9-12/h5-8H,2,9H2,1H3. The van der Waals surface area contributed by atoms with Crippen LogP contribution in [0.5, 0.6) is 0 Å². The van der Waals surface area contributed by atoms with Gasteiger partial charge in [-0.2, -0.15) is 0 Å². The van der Waals surface area contributed by atoms with Crippen LogP contribution in [0.15, 0.2) is 24.3 Å². The van der Waals surface area contributed by atoms with Crippen LogP contribution in [0, 0.1) is 11.8 Å². The van der Waals surface area contributed by atoms with Gasteiger partial charge in [0.2, 0.25) is 0 Å². The van der Waals surface area contributed by atoms with Crippen LogP contribution in [0.3, 0.4) is 0 Å². The van der Waals surface area contributed by atoms with E-state index in [9.17, 15) is 0 Å². The highest BCUT2D eigenvalue weighted by Gasteiger charge is 1.87. The van der Waals surface area contributed by atoms with Crippen molar-refractivity contribution in [3.63, 3.8) is 0 Å². The first kappa shape index (κ1) is 9.35. The maximum absolute atomic E-state index is 3.26. The lowest BCUT2D eigenvalue weighted by molar-refractivity contribution is 1.14. The number of halogens is 1. The summed E-state index contributed by atoms with van der Waals surface area (Å²) in [5, 5.41) is 0.739. The fourth-order valence-electron chi connectivity index (χ4n) is 0.959. The minimum atomic E-state index is 0.739. The molecular weight excluding hydrogens is 212 g/mol. The Morgan fingerprint density at radius 1 is 1.25 bits per heavy atom. The second-order valence-corrected chi connectivity index (χ2v) is 3.05. The molecule has 1 heteroatoms. The molecule has 1 aromatic rings. The van der Waals surface area contributed by atoms with Crippen molar-refractivity contribution >= 4 is 15.9 Å². The highest BCUT2D eigenvalue weighted by molar-refractivity contribution is 9.09. The Labute approximate surface area is 82.1 Å². The average molecular weight is 223 g/mol. The summed E-state index contributed by atoms with van der Waals surface area (Å²) in [4.78, 5) is 0. The van der Waals surface area contributed by atoms with Crippen LogP contribution in [0.2, 0.25) is 0 Å². The van der Waals surface area contributed by atoms with Crippen molar-refractivity contribution < 1.29 is 0 Å². The largest absolute Gasteiger partial charge is 0.0863 e. The topological polar surface area (TPSA) is 0 Å². The van der Waals surface area contributed by atoms with E-state index in [0.29, 0.717) is 0 Å². The monoisotopic (exact) mass is 222 g/mol. The van der Waals surface area contributed by atoms with Crippen LogP contribution in [-0.4, -0.2) is 5.33 Å². The Morgan fingerprint density at radius 3 is 2.42 bits per heavy atom. The Kier molecular flexibility index (Phi) is 3.90. The molecule has 1 aromatic carbocycles. The molecule has 62 valence electrons. The van der Waals surface area contributed by atoms with Gasteiger partial charge in [0, 0.05) is 5.56 Å². The summed E-state index contributed by atoms with van der Waals surface area (Å²) in [5.41, 5.74) is 2.45. The zero-order chi connectivity index (χ0) is 8.81. The van der Waals surface area contributed by atoms with Crippen molar-refractivity contribution in [1.29, 1.82) is 0 Å². The maximum atomic E-state index is 3.26. The first-order valence-corrected chi connectivity index (χ1v) is 5.12. The van der Waals surface area contributed by atoms with E-state index in [2.05, 4.69) is 59.0 Å². The van der Waals surface area contributed by atoms with Crippen molar-refractivity contribution in [2.45, 2.75) is 13.3 Å². The van der Waals surface area contributed by atoms with Gasteiger partial charge in [0.15, 0.2) is 0 Å². The van der Waals surface area contributed by atoms with E-state index in [1.165, 1.54) is 5.56 Å². The third-order valence-electron chi connectivity index (χ3n) is 1.66. The van der Waals surface area contributed by atoms with E-state index in [1.54, 1.807) is 0 Å². The van der Waals surface area contributed by atoms with Gasteiger partial charge in [0.25, 0.3) is 0 Å².